The lowest BCUT2D eigenvalue weighted by Crippen LogP contribution is -2.64. The molecule has 0 aromatic heterocycles. The van der Waals surface area contributed by atoms with Gasteiger partial charge in [-0.05, 0) is 77.0 Å². The van der Waals surface area contributed by atoms with Gasteiger partial charge in [-0.3, -0.25) is 18.6 Å². The molecule has 9 atom stereocenters. The van der Waals surface area contributed by atoms with Crippen molar-refractivity contribution in [3.8, 4) is 0 Å². The Bertz CT molecular complexity index is 1500. The average Bonchev–Trinajstić information content (AvgIpc) is 3.27. The van der Waals surface area contributed by atoms with E-state index in [4.69, 9.17) is 18.5 Å². The van der Waals surface area contributed by atoms with E-state index in [-0.39, 0.29) is 12.8 Å². The fourth-order valence-corrected chi connectivity index (χ4v) is 7.22. The molecule has 1 saturated carbocycles. The largest absolute Gasteiger partial charge is 0.472 e. The number of esters is 2. The van der Waals surface area contributed by atoms with Crippen molar-refractivity contribution in [1.29, 1.82) is 0 Å². The fourth-order valence-electron chi connectivity index (χ4n) is 6.25. The van der Waals surface area contributed by atoms with Gasteiger partial charge in [0.2, 0.25) is 0 Å². The number of rotatable bonds is 36. The lowest BCUT2D eigenvalue weighted by atomic mass is 9.85. The number of unbranched alkanes of at least 4 members (excludes halogenated alkanes) is 8. The first-order valence-electron chi connectivity index (χ1n) is 23.1. The number of phosphoric acid groups is 1. The van der Waals surface area contributed by atoms with Crippen LogP contribution in [0, 0.1) is 0 Å². The Morgan fingerprint density at radius 3 is 1.75 bits per heavy atom. The van der Waals surface area contributed by atoms with Crippen LogP contribution in [-0.2, 0) is 32.7 Å². The fraction of sp³-hybridized carbons (Fsp3) is 0.633. The molecule has 14 nitrogen and oxygen atoms in total. The van der Waals surface area contributed by atoms with E-state index in [1.54, 1.807) is 6.08 Å². The highest BCUT2D eigenvalue weighted by Crippen LogP contribution is 2.47. The van der Waals surface area contributed by atoms with Gasteiger partial charge in [-0.15, -0.1) is 0 Å². The minimum atomic E-state index is -5.16. The molecule has 0 saturated heterocycles. The van der Waals surface area contributed by atoms with Crippen LogP contribution in [-0.4, -0.2) is 110 Å². The molecule has 4 unspecified atom stereocenters. The Morgan fingerprint density at radius 2 is 1.11 bits per heavy atom. The number of aliphatic hydroxyl groups is 6. The number of hydrogen-bond acceptors (Lipinski definition) is 13. The van der Waals surface area contributed by atoms with Gasteiger partial charge in [-0.25, -0.2) is 4.57 Å². The molecule has 364 valence electrons. The average molecular weight is 923 g/mol. The van der Waals surface area contributed by atoms with Crippen molar-refractivity contribution < 1.29 is 68.2 Å². The van der Waals surface area contributed by atoms with Gasteiger partial charge < -0.3 is 45.0 Å². The Labute approximate surface area is 382 Å². The minimum absolute atomic E-state index is 0.00981. The van der Waals surface area contributed by atoms with Crippen LogP contribution in [0.5, 0.6) is 0 Å². The normalized spacial score (nSPS) is 23.0. The number of carbonyl (C=O) groups excluding carboxylic acids is 2. The SMILES string of the molecule is CC/C=C\C/C=C\CC(O)/C=C/C=C\C/C=C\C/C=C\CCC(=O)OC[C@H](COP(=O)(O)OC1[C@H](O)[C@H](O)C(O)[C@H](O)[C@H]1O)OC(=O)CCCCCCC/C=C\C/C=C\CCCCC. The first-order chi connectivity index (χ1) is 30.8. The Balaban J connectivity index is 2.55. The molecule has 0 amide bonds. The van der Waals surface area contributed by atoms with Crippen LogP contribution < -0.4 is 0 Å². The monoisotopic (exact) mass is 923 g/mol. The lowest BCUT2D eigenvalue weighted by Gasteiger charge is -2.41. The highest BCUT2D eigenvalue weighted by molar-refractivity contribution is 7.47. The molecular formula is C49H79O14P. The first-order valence-corrected chi connectivity index (χ1v) is 24.6. The van der Waals surface area contributed by atoms with Gasteiger partial charge in [0.1, 0.15) is 43.2 Å². The predicted octanol–water partition coefficient (Wildman–Crippen LogP) is 8.02. The summed E-state index contributed by atoms with van der Waals surface area (Å²) in [6.07, 6.45) is 33.5. The van der Waals surface area contributed by atoms with Crippen molar-refractivity contribution in [2.24, 2.45) is 0 Å². The van der Waals surface area contributed by atoms with Crippen LogP contribution in [0.25, 0.3) is 0 Å². The van der Waals surface area contributed by atoms with Gasteiger partial charge >= 0.3 is 19.8 Å². The number of phosphoric ester groups is 1. The second kappa shape index (κ2) is 37.9. The molecule has 0 spiro atoms. The van der Waals surface area contributed by atoms with Crippen LogP contribution in [0.15, 0.2) is 97.2 Å². The number of hydrogen-bond donors (Lipinski definition) is 7. The molecule has 0 radical (unpaired) electrons. The second-order valence-electron chi connectivity index (χ2n) is 15.7. The van der Waals surface area contributed by atoms with Crippen molar-refractivity contribution in [1.82, 2.24) is 0 Å². The van der Waals surface area contributed by atoms with Crippen LogP contribution in [0.1, 0.15) is 136 Å². The predicted molar refractivity (Wildman–Crippen MR) is 250 cm³/mol. The quantitative estimate of drug-likeness (QED) is 0.0104. The summed E-state index contributed by atoms with van der Waals surface area (Å²) in [7, 11) is -5.16. The van der Waals surface area contributed by atoms with Crippen molar-refractivity contribution >= 4 is 19.8 Å². The molecular weight excluding hydrogens is 843 g/mol. The van der Waals surface area contributed by atoms with Crippen molar-refractivity contribution in [3.05, 3.63) is 97.2 Å². The zero-order valence-corrected chi connectivity index (χ0v) is 39.0. The smallest absolute Gasteiger partial charge is 0.462 e. The van der Waals surface area contributed by atoms with Gasteiger partial charge in [0.25, 0.3) is 0 Å². The van der Waals surface area contributed by atoms with E-state index >= 15 is 0 Å². The van der Waals surface area contributed by atoms with Crippen molar-refractivity contribution in [3.63, 3.8) is 0 Å². The maximum absolute atomic E-state index is 12.8. The van der Waals surface area contributed by atoms with Crippen LogP contribution in [0.4, 0.5) is 0 Å². The maximum atomic E-state index is 12.8. The van der Waals surface area contributed by atoms with Crippen molar-refractivity contribution in [2.75, 3.05) is 13.2 Å². The molecule has 0 aliphatic heterocycles. The summed E-state index contributed by atoms with van der Waals surface area (Å²) in [4.78, 5) is 35.7. The zero-order valence-electron chi connectivity index (χ0n) is 38.1. The number of ether oxygens (including phenoxy) is 2. The van der Waals surface area contributed by atoms with E-state index in [1.807, 2.05) is 54.7 Å². The molecule has 0 heterocycles. The van der Waals surface area contributed by atoms with E-state index in [9.17, 15) is 49.7 Å². The summed E-state index contributed by atoms with van der Waals surface area (Å²) in [5, 5.41) is 60.2. The third-order valence-electron chi connectivity index (χ3n) is 10.0. The van der Waals surface area contributed by atoms with E-state index in [0.717, 1.165) is 57.8 Å². The van der Waals surface area contributed by atoms with E-state index in [0.29, 0.717) is 32.1 Å². The molecule has 0 aromatic carbocycles. The molecule has 0 bridgehead atoms. The van der Waals surface area contributed by atoms with Crippen molar-refractivity contribution in [2.45, 2.75) is 185 Å². The summed E-state index contributed by atoms with van der Waals surface area (Å²) in [6.45, 7) is 3.00. The minimum Gasteiger partial charge on any atom is -0.462 e. The standard InChI is InChI=1S/C49H79O14P/c1-3-5-7-9-11-12-13-14-15-16-17-22-25-29-33-37-43(52)62-41(39-61-64(58,59)63-49-47(56)45(54)44(53)46(55)48(49)57)38-60-42(51)36-32-28-24-21-19-18-20-23-27-31-35-40(50)34-30-26-10-8-6-4-2/h6,8,11-12,14-15,18-19,23-24,26-28,30-31,35,40-41,44-50,53-57H,3-5,7,9-10,13,16-17,20-22,25,29,32-34,36-39H2,1-2H3,(H,58,59)/b8-6-,12-11-,15-14-,19-18-,27-23-,28-24-,30-26-,35-31+/t40?,41-,44?,45-,46+,47-,48-,49?/m1/s1. The summed E-state index contributed by atoms with van der Waals surface area (Å²) in [5.41, 5.74) is 0. The number of aliphatic hydroxyl groups excluding tert-OH is 6. The van der Waals surface area contributed by atoms with Gasteiger partial charge in [-0.1, -0.05) is 143 Å². The van der Waals surface area contributed by atoms with Crippen LogP contribution in [0.2, 0.25) is 0 Å². The molecule has 1 aliphatic rings. The number of carbonyl (C=O) groups is 2. The van der Waals surface area contributed by atoms with E-state index in [1.165, 1.54) is 19.3 Å². The Morgan fingerprint density at radius 1 is 0.578 bits per heavy atom. The summed E-state index contributed by atoms with van der Waals surface area (Å²) in [6, 6.07) is 0. The van der Waals surface area contributed by atoms with E-state index < -0.39 is 81.8 Å². The molecule has 7 N–H and O–H groups in total. The van der Waals surface area contributed by atoms with Crippen LogP contribution in [0.3, 0.4) is 0 Å². The third-order valence-corrected chi connectivity index (χ3v) is 11.0. The maximum Gasteiger partial charge on any atom is 0.472 e. The molecule has 0 aromatic rings. The molecule has 15 heteroatoms. The van der Waals surface area contributed by atoms with Gasteiger partial charge in [0, 0.05) is 12.8 Å². The topological polar surface area (TPSA) is 230 Å². The third kappa shape index (κ3) is 30.0. The highest BCUT2D eigenvalue weighted by atomic mass is 31.2. The van der Waals surface area contributed by atoms with Gasteiger partial charge in [0.05, 0.1) is 12.7 Å². The Kier molecular flexibility index (Phi) is 34.8. The summed E-state index contributed by atoms with van der Waals surface area (Å²) < 4.78 is 33.4. The zero-order chi connectivity index (χ0) is 47.3. The first kappa shape index (κ1) is 58.7. The molecule has 1 fully saturated rings. The van der Waals surface area contributed by atoms with E-state index in [2.05, 4.69) is 50.3 Å². The molecule has 64 heavy (non-hydrogen) atoms. The highest BCUT2D eigenvalue weighted by Gasteiger charge is 2.51. The molecule has 1 rings (SSSR count). The number of allylic oxidation sites excluding steroid dienone is 14. The second-order valence-corrected chi connectivity index (χ2v) is 17.1. The molecule has 1 aliphatic carbocycles. The van der Waals surface area contributed by atoms with Gasteiger partial charge in [0.15, 0.2) is 6.10 Å². The van der Waals surface area contributed by atoms with Crippen LogP contribution >= 0.6 is 7.82 Å². The lowest BCUT2D eigenvalue weighted by molar-refractivity contribution is -0.220. The Hall–Kier alpha value is -3.27. The van der Waals surface area contributed by atoms with Gasteiger partial charge in [-0.2, -0.15) is 0 Å². The summed E-state index contributed by atoms with van der Waals surface area (Å²) in [5.74, 6) is -1.25. The summed E-state index contributed by atoms with van der Waals surface area (Å²) >= 11 is 0.